The van der Waals surface area contributed by atoms with E-state index in [0.717, 1.165) is 33.3 Å². The Labute approximate surface area is 267 Å². The van der Waals surface area contributed by atoms with Gasteiger partial charge in [0, 0.05) is 44.8 Å². The van der Waals surface area contributed by atoms with Crippen molar-refractivity contribution in [1.82, 2.24) is 0 Å². The van der Waals surface area contributed by atoms with Gasteiger partial charge in [-0.15, -0.1) is 0 Å². The summed E-state index contributed by atoms with van der Waals surface area (Å²) in [5.41, 5.74) is 15.3. The smallest absolute Gasteiger partial charge is 0.252 e. The van der Waals surface area contributed by atoms with Crippen LogP contribution in [-0.2, 0) is 0 Å². The third-order valence-electron chi connectivity index (χ3n) is 9.66. The maximum absolute atomic E-state index is 6.33. The van der Waals surface area contributed by atoms with Crippen molar-refractivity contribution < 1.29 is 4.42 Å². The fourth-order valence-electron chi connectivity index (χ4n) is 7.85. The highest BCUT2D eigenvalue weighted by atomic mass is 16.3. The SMILES string of the molecule is c1ccc(N2c3ccccc3B3c4ccccc4N(c4ccccc4-c4cccc5oc6ccccc6c45)c4cccc2c43)cc1. The van der Waals surface area contributed by atoms with E-state index in [0.29, 0.717) is 0 Å². The molecular formula is C42H27BN2O. The zero-order chi connectivity index (χ0) is 30.2. The number of fused-ring (bicyclic) bond motifs is 7. The van der Waals surface area contributed by atoms with Crippen LogP contribution < -0.4 is 26.2 Å². The van der Waals surface area contributed by atoms with Crippen LogP contribution in [0.15, 0.2) is 168 Å². The van der Waals surface area contributed by atoms with E-state index in [2.05, 4.69) is 168 Å². The Morgan fingerprint density at radius 2 is 0.935 bits per heavy atom. The molecule has 0 amide bonds. The molecule has 7 aromatic carbocycles. The molecule has 0 saturated carbocycles. The Morgan fingerprint density at radius 3 is 1.74 bits per heavy atom. The topological polar surface area (TPSA) is 19.6 Å². The van der Waals surface area contributed by atoms with Crippen molar-refractivity contribution in [2.45, 2.75) is 0 Å². The van der Waals surface area contributed by atoms with Crippen molar-refractivity contribution in [2.24, 2.45) is 0 Å². The van der Waals surface area contributed by atoms with E-state index in [1.54, 1.807) is 0 Å². The van der Waals surface area contributed by atoms with Gasteiger partial charge in [-0.2, -0.15) is 0 Å². The number of furan rings is 1. The highest BCUT2D eigenvalue weighted by Gasteiger charge is 2.43. The lowest BCUT2D eigenvalue weighted by Gasteiger charge is -2.44. The van der Waals surface area contributed by atoms with Crippen LogP contribution >= 0.6 is 0 Å². The summed E-state index contributed by atoms with van der Waals surface area (Å²) in [6.45, 7) is 0.114. The summed E-state index contributed by atoms with van der Waals surface area (Å²) < 4.78 is 6.33. The monoisotopic (exact) mass is 586 g/mol. The fourth-order valence-corrected chi connectivity index (χ4v) is 7.85. The normalized spacial score (nSPS) is 13.1. The van der Waals surface area contributed by atoms with Crippen molar-refractivity contribution >= 4 is 79.2 Å². The summed E-state index contributed by atoms with van der Waals surface area (Å²) in [5, 5.41) is 2.28. The van der Waals surface area contributed by atoms with E-state index in [9.17, 15) is 0 Å². The molecule has 0 unspecified atom stereocenters. The fraction of sp³-hybridized carbons (Fsp3) is 0. The minimum atomic E-state index is 0.114. The second-order valence-corrected chi connectivity index (χ2v) is 12.1. The average molecular weight is 587 g/mol. The third-order valence-corrected chi connectivity index (χ3v) is 9.66. The highest BCUT2D eigenvalue weighted by Crippen LogP contribution is 2.47. The van der Waals surface area contributed by atoms with E-state index in [1.807, 2.05) is 6.07 Å². The molecule has 0 radical (unpaired) electrons. The third kappa shape index (κ3) is 3.50. The minimum Gasteiger partial charge on any atom is -0.456 e. The standard InChI is InChI=1S/C42H27BN2O/c1-2-14-28(15-3-1)44-35-22-9-6-19-32(35)43-33-20-7-10-23-36(33)45(38-25-13-24-37(44)42(38)43)34-21-8-4-16-29(34)30-18-12-27-40-41(30)31-17-5-11-26-39(31)46-40/h1-27H. The second-order valence-electron chi connectivity index (χ2n) is 12.1. The van der Waals surface area contributed by atoms with Crippen LogP contribution in [0.1, 0.15) is 0 Å². The average Bonchev–Trinajstić information content (AvgIpc) is 3.51. The molecule has 0 bridgehead atoms. The molecule has 3 heterocycles. The zero-order valence-corrected chi connectivity index (χ0v) is 25.0. The van der Waals surface area contributed by atoms with Crippen LogP contribution in [0.25, 0.3) is 33.1 Å². The Hall–Kier alpha value is -6.00. The lowest BCUT2D eigenvalue weighted by Crippen LogP contribution is -2.61. The molecule has 0 N–H and O–H groups in total. The first kappa shape index (κ1) is 25.3. The first-order chi connectivity index (χ1) is 22.9. The summed E-state index contributed by atoms with van der Waals surface area (Å²) in [4.78, 5) is 4.92. The van der Waals surface area contributed by atoms with Gasteiger partial charge in [0.1, 0.15) is 11.2 Å². The molecule has 2 aliphatic rings. The van der Waals surface area contributed by atoms with Crippen molar-refractivity contribution in [2.75, 3.05) is 9.80 Å². The quantitative estimate of drug-likeness (QED) is 0.192. The Morgan fingerprint density at radius 1 is 0.391 bits per heavy atom. The van der Waals surface area contributed by atoms with Crippen LogP contribution in [0.4, 0.5) is 34.1 Å². The predicted molar refractivity (Wildman–Crippen MR) is 193 cm³/mol. The van der Waals surface area contributed by atoms with E-state index in [-0.39, 0.29) is 6.71 Å². The van der Waals surface area contributed by atoms with Gasteiger partial charge in [-0.3, -0.25) is 0 Å². The lowest BCUT2D eigenvalue weighted by atomic mass is 9.33. The lowest BCUT2D eigenvalue weighted by molar-refractivity contribution is 0.669. The van der Waals surface area contributed by atoms with Gasteiger partial charge in [-0.25, -0.2) is 0 Å². The van der Waals surface area contributed by atoms with Crippen molar-refractivity contribution in [1.29, 1.82) is 0 Å². The molecule has 214 valence electrons. The van der Waals surface area contributed by atoms with Crippen LogP contribution in [0.5, 0.6) is 0 Å². The van der Waals surface area contributed by atoms with Gasteiger partial charge >= 0.3 is 0 Å². The Kier molecular flexibility index (Phi) is 5.37. The number of hydrogen-bond donors (Lipinski definition) is 0. The molecule has 2 aliphatic heterocycles. The summed E-state index contributed by atoms with van der Waals surface area (Å²) in [6.07, 6.45) is 0. The van der Waals surface area contributed by atoms with Crippen LogP contribution in [-0.4, -0.2) is 6.71 Å². The second kappa shape index (κ2) is 9.75. The molecule has 1 aromatic heterocycles. The van der Waals surface area contributed by atoms with Crippen LogP contribution in [0.3, 0.4) is 0 Å². The van der Waals surface area contributed by atoms with Gasteiger partial charge in [0.15, 0.2) is 0 Å². The maximum Gasteiger partial charge on any atom is 0.252 e. The first-order valence-electron chi connectivity index (χ1n) is 15.8. The number of anilines is 6. The van der Waals surface area contributed by atoms with E-state index in [1.165, 1.54) is 50.3 Å². The number of nitrogens with zero attached hydrogens (tertiary/aromatic N) is 2. The molecule has 4 heteroatoms. The van der Waals surface area contributed by atoms with E-state index >= 15 is 0 Å². The van der Waals surface area contributed by atoms with Gasteiger partial charge in [0.25, 0.3) is 6.71 Å². The Bertz CT molecular complexity index is 2470. The molecule has 0 saturated heterocycles. The summed E-state index contributed by atoms with van der Waals surface area (Å²) in [5.74, 6) is 0. The van der Waals surface area contributed by atoms with Crippen LogP contribution in [0.2, 0.25) is 0 Å². The maximum atomic E-state index is 6.33. The number of para-hydroxylation sites is 5. The Balaban J connectivity index is 1.27. The molecule has 0 spiro atoms. The van der Waals surface area contributed by atoms with Crippen molar-refractivity contribution in [3.05, 3.63) is 164 Å². The van der Waals surface area contributed by atoms with Gasteiger partial charge < -0.3 is 14.2 Å². The molecule has 8 aromatic rings. The number of rotatable bonds is 3. The summed E-state index contributed by atoms with van der Waals surface area (Å²) >= 11 is 0. The molecule has 0 atom stereocenters. The molecule has 3 nitrogen and oxygen atoms in total. The van der Waals surface area contributed by atoms with E-state index in [4.69, 9.17) is 4.42 Å². The largest absolute Gasteiger partial charge is 0.456 e. The number of hydrogen-bond acceptors (Lipinski definition) is 3. The highest BCUT2D eigenvalue weighted by molar-refractivity contribution is 7.00. The predicted octanol–water partition coefficient (Wildman–Crippen LogP) is 9.34. The molecule has 46 heavy (non-hydrogen) atoms. The van der Waals surface area contributed by atoms with Crippen molar-refractivity contribution in [3.63, 3.8) is 0 Å². The summed E-state index contributed by atoms with van der Waals surface area (Å²) in [7, 11) is 0. The molecule has 0 fully saturated rings. The van der Waals surface area contributed by atoms with Gasteiger partial charge in [-0.1, -0.05) is 109 Å². The van der Waals surface area contributed by atoms with Gasteiger partial charge in [0.05, 0.1) is 5.69 Å². The van der Waals surface area contributed by atoms with E-state index < -0.39 is 0 Å². The zero-order valence-electron chi connectivity index (χ0n) is 25.0. The van der Waals surface area contributed by atoms with Crippen LogP contribution in [0, 0.1) is 0 Å². The molecular weight excluding hydrogens is 559 g/mol. The summed E-state index contributed by atoms with van der Waals surface area (Å²) in [6, 6.07) is 58.9. The van der Waals surface area contributed by atoms with Gasteiger partial charge in [-0.05, 0) is 76.5 Å². The van der Waals surface area contributed by atoms with Gasteiger partial charge in [0.2, 0.25) is 0 Å². The van der Waals surface area contributed by atoms with Crippen molar-refractivity contribution in [3.8, 4) is 11.1 Å². The first-order valence-corrected chi connectivity index (χ1v) is 15.8. The molecule has 0 aliphatic carbocycles. The minimum absolute atomic E-state index is 0.114. The number of benzene rings is 7. The molecule has 10 rings (SSSR count).